The molecule has 2 aliphatic rings. The first-order valence-corrected chi connectivity index (χ1v) is 6.81. The van der Waals surface area contributed by atoms with Crippen LogP contribution in [-0.4, -0.2) is 24.0 Å². The number of rotatable bonds is 0. The molecule has 0 unspecified atom stereocenters. The number of esters is 1. The molecule has 1 aliphatic carbocycles. The Bertz CT molecular complexity index is 351. The zero-order valence-corrected chi connectivity index (χ0v) is 10.9. The molecule has 18 heavy (non-hydrogen) atoms. The molecule has 1 fully saturated rings. The maximum absolute atomic E-state index is 11.9. The number of fused-ring (bicyclic) bond motifs is 1. The number of carbonyl (C=O) groups excluding carboxylic acids is 2. The van der Waals surface area contributed by atoms with E-state index in [9.17, 15) is 9.59 Å². The van der Waals surface area contributed by atoms with Crippen LogP contribution in [0.1, 0.15) is 45.4 Å². The number of hydrogen-bond acceptors (Lipinski definition) is 3. The van der Waals surface area contributed by atoms with Crippen molar-refractivity contribution in [3.63, 3.8) is 0 Å². The summed E-state index contributed by atoms with van der Waals surface area (Å²) in [5.41, 5.74) is 0. The van der Waals surface area contributed by atoms with Crippen molar-refractivity contribution in [2.24, 2.45) is 5.92 Å². The molecule has 0 aromatic carbocycles. The van der Waals surface area contributed by atoms with Crippen molar-refractivity contribution in [3.05, 3.63) is 12.2 Å². The first-order valence-electron chi connectivity index (χ1n) is 6.81. The molecule has 1 heterocycles. The van der Waals surface area contributed by atoms with Crippen LogP contribution in [0.25, 0.3) is 0 Å². The number of hydrogen-bond donors (Lipinski definition) is 1. The number of allylic oxidation sites excluding steroid dienone is 2. The van der Waals surface area contributed by atoms with Gasteiger partial charge in [0.25, 0.3) is 0 Å². The van der Waals surface area contributed by atoms with E-state index < -0.39 is 0 Å². The minimum Gasteiger partial charge on any atom is -0.460 e. The van der Waals surface area contributed by atoms with Crippen molar-refractivity contribution in [2.75, 3.05) is 0 Å². The van der Waals surface area contributed by atoms with Crippen molar-refractivity contribution in [1.82, 2.24) is 5.32 Å². The molecule has 0 bridgehead atoms. The average molecular weight is 251 g/mol. The fourth-order valence-electron chi connectivity index (χ4n) is 2.51. The van der Waals surface area contributed by atoms with Crippen molar-refractivity contribution in [3.8, 4) is 0 Å². The largest absolute Gasteiger partial charge is 0.460 e. The summed E-state index contributed by atoms with van der Waals surface area (Å²) in [5.74, 6) is -0.190. The molecule has 0 spiro atoms. The standard InChI is InChI=1S/C14H21NO3/c1-10-6-3-2-4-9-13(16)15-11-7-5-8-12(11)18-14(10)17/h2-3,10-12H,4-9H2,1H3,(H,15,16)/b3-2+/t10-,11+,12-/m1/s1. The zero-order chi connectivity index (χ0) is 13.0. The highest BCUT2D eigenvalue weighted by molar-refractivity contribution is 5.77. The van der Waals surface area contributed by atoms with Crippen LogP contribution in [0, 0.1) is 5.92 Å². The smallest absolute Gasteiger partial charge is 0.309 e. The fourth-order valence-corrected chi connectivity index (χ4v) is 2.51. The van der Waals surface area contributed by atoms with Gasteiger partial charge in [-0.1, -0.05) is 19.1 Å². The second-order valence-corrected chi connectivity index (χ2v) is 5.23. The predicted molar refractivity (Wildman–Crippen MR) is 67.8 cm³/mol. The normalized spacial score (nSPS) is 35.7. The monoisotopic (exact) mass is 251 g/mol. The molecule has 0 aromatic rings. The molecule has 4 heteroatoms. The number of ether oxygens (including phenoxy) is 1. The lowest BCUT2D eigenvalue weighted by Gasteiger charge is -2.23. The van der Waals surface area contributed by atoms with Crippen LogP contribution in [-0.2, 0) is 14.3 Å². The van der Waals surface area contributed by atoms with Gasteiger partial charge >= 0.3 is 5.97 Å². The van der Waals surface area contributed by atoms with Gasteiger partial charge in [-0.25, -0.2) is 0 Å². The third-order valence-electron chi connectivity index (χ3n) is 3.66. The minimum absolute atomic E-state index is 0.0112. The van der Waals surface area contributed by atoms with Crippen LogP contribution in [0.15, 0.2) is 12.2 Å². The maximum Gasteiger partial charge on any atom is 0.309 e. The summed E-state index contributed by atoms with van der Waals surface area (Å²) >= 11 is 0. The number of carbonyl (C=O) groups is 2. The lowest BCUT2D eigenvalue weighted by atomic mass is 10.1. The van der Waals surface area contributed by atoms with Crippen LogP contribution in [0.5, 0.6) is 0 Å². The lowest BCUT2D eigenvalue weighted by molar-refractivity contribution is -0.154. The molecule has 1 amide bonds. The van der Waals surface area contributed by atoms with Gasteiger partial charge in [0.1, 0.15) is 6.10 Å². The van der Waals surface area contributed by atoms with Crippen LogP contribution < -0.4 is 5.32 Å². The quantitative estimate of drug-likeness (QED) is 0.529. The van der Waals surface area contributed by atoms with E-state index in [1.54, 1.807) is 0 Å². The summed E-state index contributed by atoms with van der Waals surface area (Å²) in [6, 6.07) is 0.0112. The van der Waals surface area contributed by atoms with Gasteiger partial charge in [0.05, 0.1) is 12.0 Å². The van der Waals surface area contributed by atoms with Crippen molar-refractivity contribution in [1.29, 1.82) is 0 Å². The molecule has 1 aliphatic heterocycles. The molecule has 2 rings (SSSR count). The summed E-state index contributed by atoms with van der Waals surface area (Å²) in [6.07, 6.45) is 8.53. The Hall–Kier alpha value is -1.32. The van der Waals surface area contributed by atoms with E-state index in [1.807, 2.05) is 19.1 Å². The average Bonchev–Trinajstić information content (AvgIpc) is 2.74. The highest BCUT2D eigenvalue weighted by atomic mass is 16.5. The number of nitrogens with one attached hydrogen (secondary N) is 1. The third kappa shape index (κ3) is 3.34. The molecule has 1 N–H and O–H groups in total. The van der Waals surface area contributed by atoms with E-state index in [1.165, 1.54) is 0 Å². The SMILES string of the molecule is C[C@@H]1C/C=C/CCC(=O)N[C@H]2CCC[C@H]2OC1=O. The zero-order valence-electron chi connectivity index (χ0n) is 10.9. The fraction of sp³-hybridized carbons (Fsp3) is 0.714. The van der Waals surface area contributed by atoms with Gasteiger partial charge in [-0.3, -0.25) is 9.59 Å². The summed E-state index contributed by atoms with van der Waals surface area (Å²) in [4.78, 5) is 23.6. The van der Waals surface area contributed by atoms with Gasteiger partial charge in [-0.2, -0.15) is 0 Å². The number of amides is 1. The Kier molecular flexibility index (Phi) is 4.39. The second kappa shape index (κ2) is 6.03. The lowest BCUT2D eigenvalue weighted by Crippen LogP contribution is -2.42. The first kappa shape index (κ1) is 13.1. The van der Waals surface area contributed by atoms with Crippen molar-refractivity contribution >= 4 is 11.9 Å². The van der Waals surface area contributed by atoms with E-state index in [0.29, 0.717) is 12.8 Å². The third-order valence-corrected chi connectivity index (χ3v) is 3.66. The predicted octanol–water partition coefficient (Wildman–Crippen LogP) is 1.94. The van der Waals surface area contributed by atoms with E-state index in [0.717, 1.165) is 25.7 Å². The van der Waals surface area contributed by atoms with E-state index in [2.05, 4.69) is 5.32 Å². The Balaban J connectivity index is 2.06. The molecule has 4 nitrogen and oxygen atoms in total. The summed E-state index contributed by atoms with van der Waals surface area (Å²) in [6.45, 7) is 1.89. The Morgan fingerprint density at radius 2 is 2.11 bits per heavy atom. The van der Waals surface area contributed by atoms with Crippen LogP contribution in [0.3, 0.4) is 0 Å². The Labute approximate surface area is 108 Å². The first-order chi connectivity index (χ1) is 8.66. The van der Waals surface area contributed by atoms with Gasteiger partial charge in [-0.15, -0.1) is 0 Å². The summed E-state index contributed by atoms with van der Waals surface area (Å²) in [5, 5.41) is 2.98. The molecule has 3 atom stereocenters. The topological polar surface area (TPSA) is 55.4 Å². The van der Waals surface area contributed by atoms with Crippen molar-refractivity contribution < 1.29 is 14.3 Å². The molecule has 0 radical (unpaired) electrons. The van der Waals surface area contributed by atoms with Crippen LogP contribution in [0.2, 0.25) is 0 Å². The van der Waals surface area contributed by atoms with Crippen molar-refractivity contribution in [2.45, 2.75) is 57.6 Å². The Morgan fingerprint density at radius 1 is 1.28 bits per heavy atom. The maximum atomic E-state index is 11.9. The summed E-state index contributed by atoms with van der Waals surface area (Å²) in [7, 11) is 0. The minimum atomic E-state index is -0.147. The van der Waals surface area contributed by atoms with E-state index >= 15 is 0 Å². The van der Waals surface area contributed by atoms with E-state index in [4.69, 9.17) is 4.74 Å². The summed E-state index contributed by atoms with van der Waals surface area (Å²) < 4.78 is 5.52. The highest BCUT2D eigenvalue weighted by Crippen LogP contribution is 2.24. The molecule has 0 aromatic heterocycles. The molecular formula is C14H21NO3. The molecule has 0 saturated heterocycles. The molecule has 100 valence electrons. The van der Waals surface area contributed by atoms with Gasteiger partial charge in [0.15, 0.2) is 0 Å². The molecule has 1 saturated carbocycles. The van der Waals surface area contributed by atoms with Gasteiger partial charge < -0.3 is 10.1 Å². The van der Waals surface area contributed by atoms with Crippen LogP contribution >= 0.6 is 0 Å². The van der Waals surface area contributed by atoms with E-state index in [-0.39, 0.29) is 29.9 Å². The highest BCUT2D eigenvalue weighted by Gasteiger charge is 2.32. The second-order valence-electron chi connectivity index (χ2n) is 5.23. The van der Waals surface area contributed by atoms with Gasteiger partial charge in [0, 0.05) is 6.42 Å². The van der Waals surface area contributed by atoms with Gasteiger partial charge in [-0.05, 0) is 32.1 Å². The Morgan fingerprint density at radius 3 is 2.94 bits per heavy atom. The van der Waals surface area contributed by atoms with Gasteiger partial charge in [0.2, 0.25) is 5.91 Å². The molecular weight excluding hydrogens is 230 g/mol. The van der Waals surface area contributed by atoms with Crippen LogP contribution in [0.4, 0.5) is 0 Å².